The Morgan fingerprint density at radius 3 is 2.61 bits per heavy atom. The lowest BCUT2D eigenvalue weighted by Gasteiger charge is -2.29. The number of rotatable bonds is 5. The number of hydrogen-bond acceptors (Lipinski definition) is 5. The predicted molar refractivity (Wildman–Crippen MR) is 117 cm³/mol. The average Bonchev–Trinajstić information content (AvgIpc) is 2.80. The van der Waals surface area contributed by atoms with Crippen LogP contribution in [0.4, 0.5) is 18.9 Å². The summed E-state index contributed by atoms with van der Waals surface area (Å²) in [6, 6.07) is 5.62. The van der Waals surface area contributed by atoms with Gasteiger partial charge in [-0.2, -0.15) is 0 Å². The van der Waals surface area contributed by atoms with Gasteiger partial charge in [-0.05, 0) is 37.1 Å². The van der Waals surface area contributed by atoms with E-state index in [0.29, 0.717) is 11.3 Å². The molecule has 1 aliphatic carbocycles. The molecular formula is C23H20ClF3N4O2. The molecule has 0 unspecified atom stereocenters. The third kappa shape index (κ3) is 4.93. The number of alkyl halides is 2. The van der Waals surface area contributed by atoms with E-state index in [1.54, 1.807) is 0 Å². The van der Waals surface area contributed by atoms with Gasteiger partial charge >= 0.3 is 0 Å². The second kappa shape index (κ2) is 9.35. The molecule has 0 saturated heterocycles. The number of amides is 1. The summed E-state index contributed by atoms with van der Waals surface area (Å²) in [5, 5.41) is 2.91. The highest BCUT2D eigenvalue weighted by molar-refractivity contribution is 6.32. The number of carbonyl (C=O) groups excluding carboxylic acids is 1. The molecule has 0 aromatic carbocycles. The number of nitrogens with zero attached hydrogens (tertiary/aromatic N) is 3. The third-order valence-electron chi connectivity index (χ3n) is 5.60. The lowest BCUT2D eigenvalue weighted by atomic mass is 9.83. The van der Waals surface area contributed by atoms with E-state index >= 15 is 0 Å². The van der Waals surface area contributed by atoms with Crippen LogP contribution in [0.3, 0.4) is 0 Å². The van der Waals surface area contributed by atoms with Gasteiger partial charge in [0.1, 0.15) is 16.5 Å². The molecule has 3 heterocycles. The third-order valence-corrected chi connectivity index (χ3v) is 5.87. The minimum atomic E-state index is -2.73. The summed E-state index contributed by atoms with van der Waals surface area (Å²) in [7, 11) is 1.40. The fraction of sp³-hybridized carbons (Fsp3) is 0.304. The molecule has 33 heavy (non-hydrogen) atoms. The van der Waals surface area contributed by atoms with Crippen molar-refractivity contribution in [3.05, 3.63) is 65.0 Å². The Kier molecular flexibility index (Phi) is 6.51. The van der Waals surface area contributed by atoms with Crippen LogP contribution >= 0.6 is 11.6 Å². The molecule has 1 saturated carbocycles. The highest BCUT2D eigenvalue weighted by Gasteiger charge is 2.37. The Balaban J connectivity index is 1.76. The van der Waals surface area contributed by atoms with Crippen molar-refractivity contribution in [2.75, 3.05) is 12.4 Å². The lowest BCUT2D eigenvalue weighted by molar-refractivity contribution is -0.0384. The number of halogens is 4. The normalized spacial score (nSPS) is 15.8. The molecule has 10 heteroatoms. The number of aromatic nitrogens is 3. The van der Waals surface area contributed by atoms with Crippen molar-refractivity contribution in [3.63, 3.8) is 0 Å². The molecule has 0 bridgehead atoms. The first-order valence-electron chi connectivity index (χ1n) is 10.3. The highest BCUT2D eigenvalue weighted by atomic mass is 35.5. The maximum Gasteiger partial charge on any atom is 0.257 e. The van der Waals surface area contributed by atoms with Crippen LogP contribution < -0.4 is 10.1 Å². The zero-order valence-corrected chi connectivity index (χ0v) is 18.4. The largest absolute Gasteiger partial charge is 0.480 e. The fourth-order valence-corrected chi connectivity index (χ4v) is 4.14. The van der Waals surface area contributed by atoms with Crippen LogP contribution in [-0.2, 0) is 0 Å². The fourth-order valence-electron chi connectivity index (χ4n) is 3.90. The topological polar surface area (TPSA) is 77.0 Å². The summed E-state index contributed by atoms with van der Waals surface area (Å²) in [6.45, 7) is 0. The predicted octanol–water partition coefficient (Wildman–Crippen LogP) is 5.88. The molecule has 1 aliphatic rings. The zero-order chi connectivity index (χ0) is 23.6. The maximum atomic E-state index is 14.6. The molecule has 1 fully saturated rings. The van der Waals surface area contributed by atoms with E-state index in [9.17, 15) is 18.0 Å². The first-order chi connectivity index (χ1) is 15.8. The quantitative estimate of drug-likeness (QED) is 0.497. The SMILES string of the molecule is COc1ncc(C(=O)Nc2c(-c3ncccc3F)ccnc2C2CCC(F)(F)CC2)cc1Cl. The molecule has 172 valence electrons. The number of anilines is 1. The van der Waals surface area contributed by atoms with Gasteiger partial charge in [0.05, 0.1) is 24.1 Å². The van der Waals surface area contributed by atoms with Gasteiger partial charge in [-0.1, -0.05) is 11.6 Å². The summed E-state index contributed by atoms with van der Waals surface area (Å²) in [6.07, 6.45) is 3.99. The summed E-state index contributed by atoms with van der Waals surface area (Å²) in [4.78, 5) is 25.6. The molecule has 1 amide bonds. The summed E-state index contributed by atoms with van der Waals surface area (Å²) in [5.74, 6) is -4.05. The van der Waals surface area contributed by atoms with E-state index in [2.05, 4.69) is 20.3 Å². The van der Waals surface area contributed by atoms with E-state index in [-0.39, 0.29) is 59.4 Å². The van der Waals surface area contributed by atoms with Crippen molar-refractivity contribution in [3.8, 4) is 17.1 Å². The van der Waals surface area contributed by atoms with Gasteiger partial charge in [-0.25, -0.2) is 18.2 Å². The minimum absolute atomic E-state index is 0.0171. The molecule has 4 rings (SSSR count). The molecule has 3 aromatic heterocycles. The van der Waals surface area contributed by atoms with E-state index in [1.165, 1.54) is 50.0 Å². The monoisotopic (exact) mass is 476 g/mol. The molecule has 0 atom stereocenters. The van der Waals surface area contributed by atoms with Crippen LogP contribution in [-0.4, -0.2) is 33.9 Å². The number of methoxy groups -OCH3 is 1. The number of carbonyl (C=O) groups is 1. The Morgan fingerprint density at radius 2 is 1.94 bits per heavy atom. The van der Waals surface area contributed by atoms with Crippen molar-refractivity contribution in [1.29, 1.82) is 0 Å². The molecule has 6 nitrogen and oxygen atoms in total. The zero-order valence-electron chi connectivity index (χ0n) is 17.6. The van der Waals surface area contributed by atoms with E-state index in [1.807, 2.05) is 0 Å². The second-order valence-corrected chi connectivity index (χ2v) is 8.16. The first-order valence-corrected chi connectivity index (χ1v) is 10.7. The average molecular weight is 477 g/mol. The minimum Gasteiger partial charge on any atom is -0.480 e. The Bertz CT molecular complexity index is 1180. The van der Waals surface area contributed by atoms with Gasteiger partial charge < -0.3 is 10.1 Å². The number of ether oxygens (including phenoxy) is 1. The van der Waals surface area contributed by atoms with Gasteiger partial charge in [0.25, 0.3) is 5.91 Å². The van der Waals surface area contributed by atoms with Gasteiger partial charge in [-0.3, -0.25) is 14.8 Å². The van der Waals surface area contributed by atoms with Crippen LogP contribution in [0.2, 0.25) is 5.02 Å². The Hall–Kier alpha value is -3.20. The molecule has 1 N–H and O–H groups in total. The molecule has 3 aromatic rings. The van der Waals surface area contributed by atoms with Gasteiger partial charge in [0.15, 0.2) is 0 Å². The molecule has 0 spiro atoms. The second-order valence-electron chi connectivity index (χ2n) is 7.75. The summed E-state index contributed by atoms with van der Waals surface area (Å²) < 4.78 is 47.1. The number of nitrogens with one attached hydrogen (secondary N) is 1. The van der Waals surface area contributed by atoms with Crippen molar-refractivity contribution in [2.24, 2.45) is 0 Å². The van der Waals surface area contributed by atoms with E-state index < -0.39 is 17.6 Å². The van der Waals surface area contributed by atoms with Crippen LogP contribution in [0.1, 0.15) is 47.7 Å². The van der Waals surface area contributed by atoms with E-state index in [0.717, 1.165) is 0 Å². The number of pyridine rings is 3. The van der Waals surface area contributed by atoms with Crippen LogP contribution in [0, 0.1) is 5.82 Å². The number of hydrogen-bond donors (Lipinski definition) is 1. The standard InChI is InChI=1S/C23H20ClF3N4O2/c1-33-22-16(24)11-14(12-30-22)21(32)31-20-15(19-17(25)3-2-9-28-19)6-10-29-18(20)13-4-7-23(26,27)8-5-13/h2-3,6,9-13H,4-5,7-8H2,1H3,(H,31,32). The van der Waals surface area contributed by atoms with Gasteiger partial charge in [0.2, 0.25) is 11.8 Å². The van der Waals surface area contributed by atoms with E-state index in [4.69, 9.17) is 16.3 Å². The Morgan fingerprint density at radius 1 is 1.18 bits per heavy atom. The van der Waals surface area contributed by atoms with Gasteiger partial charge in [-0.15, -0.1) is 0 Å². The lowest BCUT2D eigenvalue weighted by Crippen LogP contribution is -2.25. The Labute approximate surface area is 193 Å². The maximum absolute atomic E-state index is 14.6. The molecule has 0 radical (unpaired) electrons. The van der Waals surface area contributed by atoms with Crippen LogP contribution in [0.25, 0.3) is 11.3 Å². The van der Waals surface area contributed by atoms with Crippen LogP contribution in [0.15, 0.2) is 42.9 Å². The first kappa shape index (κ1) is 23.0. The molecule has 0 aliphatic heterocycles. The van der Waals surface area contributed by atoms with Crippen molar-refractivity contribution in [2.45, 2.75) is 37.5 Å². The highest BCUT2D eigenvalue weighted by Crippen LogP contribution is 2.44. The van der Waals surface area contributed by atoms with Crippen LogP contribution in [0.5, 0.6) is 5.88 Å². The smallest absolute Gasteiger partial charge is 0.257 e. The van der Waals surface area contributed by atoms with Gasteiger partial charge in [0, 0.05) is 42.9 Å². The summed E-state index contributed by atoms with van der Waals surface area (Å²) >= 11 is 6.09. The van der Waals surface area contributed by atoms with Crippen molar-refractivity contribution < 1.29 is 22.7 Å². The van der Waals surface area contributed by atoms with Crippen molar-refractivity contribution in [1.82, 2.24) is 15.0 Å². The summed E-state index contributed by atoms with van der Waals surface area (Å²) in [5.41, 5.74) is 1.09. The van der Waals surface area contributed by atoms with Crippen molar-refractivity contribution >= 4 is 23.2 Å². The molecular weight excluding hydrogens is 457 g/mol.